The number of rotatable bonds is 4. The third kappa shape index (κ3) is 3.57. The molecule has 6 heteroatoms. The topological polar surface area (TPSA) is 59.3 Å². The Labute approximate surface area is 138 Å². The van der Waals surface area contributed by atoms with E-state index in [9.17, 15) is 4.79 Å². The van der Waals surface area contributed by atoms with Crippen molar-refractivity contribution in [3.8, 4) is 0 Å². The maximum Gasteiger partial charge on any atom is 0.260 e. The zero-order valence-corrected chi connectivity index (χ0v) is 13.3. The molecule has 0 bridgehead atoms. The van der Waals surface area contributed by atoms with Crippen LogP contribution < -0.4 is 5.43 Å². The highest BCUT2D eigenvalue weighted by Crippen LogP contribution is 2.15. The first-order valence-electron chi connectivity index (χ1n) is 7.13. The van der Waals surface area contributed by atoms with E-state index in [0.717, 1.165) is 22.4 Å². The van der Waals surface area contributed by atoms with Gasteiger partial charge in [0.25, 0.3) is 5.91 Å². The highest BCUT2D eigenvalue weighted by Gasteiger charge is 2.09. The van der Waals surface area contributed by atoms with E-state index in [-0.39, 0.29) is 12.5 Å². The van der Waals surface area contributed by atoms with Crippen LogP contribution in [-0.4, -0.2) is 21.7 Å². The Balaban J connectivity index is 1.67. The molecule has 5 nitrogen and oxygen atoms in total. The van der Waals surface area contributed by atoms with E-state index in [1.54, 1.807) is 18.3 Å². The largest absolute Gasteiger partial charge is 0.319 e. The van der Waals surface area contributed by atoms with Gasteiger partial charge in [0, 0.05) is 5.02 Å². The predicted octanol–water partition coefficient (Wildman–Crippen LogP) is 3.15. The summed E-state index contributed by atoms with van der Waals surface area (Å²) in [4.78, 5) is 16.5. The van der Waals surface area contributed by atoms with E-state index in [1.807, 2.05) is 47.9 Å². The number of hydrogen-bond acceptors (Lipinski definition) is 3. The molecule has 0 unspecified atom stereocenters. The second kappa shape index (κ2) is 6.62. The Hall–Kier alpha value is -2.66. The summed E-state index contributed by atoms with van der Waals surface area (Å²) in [6, 6.07) is 14.9. The summed E-state index contributed by atoms with van der Waals surface area (Å²) in [6.45, 7) is 2.05. The van der Waals surface area contributed by atoms with E-state index in [1.165, 1.54) is 0 Å². The number of halogens is 1. The third-order valence-corrected chi connectivity index (χ3v) is 3.67. The lowest BCUT2D eigenvalue weighted by Gasteiger charge is -2.05. The molecule has 116 valence electrons. The maximum atomic E-state index is 12.1. The molecule has 1 amide bonds. The predicted molar refractivity (Wildman–Crippen MR) is 91.7 cm³/mol. The van der Waals surface area contributed by atoms with Gasteiger partial charge >= 0.3 is 0 Å². The summed E-state index contributed by atoms with van der Waals surface area (Å²) in [5.74, 6) is 0.587. The van der Waals surface area contributed by atoms with Crippen molar-refractivity contribution in [2.24, 2.45) is 5.10 Å². The minimum Gasteiger partial charge on any atom is -0.319 e. The normalized spacial score (nSPS) is 11.2. The lowest BCUT2D eigenvalue weighted by molar-refractivity contribution is -0.121. The van der Waals surface area contributed by atoms with Crippen LogP contribution in [0.1, 0.15) is 11.4 Å². The van der Waals surface area contributed by atoms with Gasteiger partial charge in [0.15, 0.2) is 0 Å². The number of benzene rings is 2. The van der Waals surface area contributed by atoms with Crippen molar-refractivity contribution in [3.05, 3.63) is 64.9 Å². The van der Waals surface area contributed by atoms with E-state index in [0.29, 0.717) is 5.02 Å². The fourth-order valence-electron chi connectivity index (χ4n) is 2.30. The van der Waals surface area contributed by atoms with Crippen LogP contribution in [0.15, 0.2) is 53.6 Å². The first-order valence-corrected chi connectivity index (χ1v) is 7.50. The Bertz CT molecular complexity index is 868. The number of amides is 1. The van der Waals surface area contributed by atoms with Crippen LogP contribution in [0.25, 0.3) is 11.0 Å². The van der Waals surface area contributed by atoms with Gasteiger partial charge in [-0.15, -0.1) is 0 Å². The van der Waals surface area contributed by atoms with Gasteiger partial charge in [-0.2, -0.15) is 5.10 Å². The molecule has 23 heavy (non-hydrogen) atoms. The number of hydrogen-bond donors (Lipinski definition) is 1. The van der Waals surface area contributed by atoms with E-state index in [2.05, 4.69) is 15.5 Å². The number of carbonyl (C=O) groups excluding carboxylic acids is 1. The molecule has 1 N–H and O–H groups in total. The summed E-state index contributed by atoms with van der Waals surface area (Å²) in [5.41, 5.74) is 5.19. The molecule has 0 atom stereocenters. The number of nitrogens with one attached hydrogen (secondary N) is 1. The zero-order chi connectivity index (χ0) is 16.2. The lowest BCUT2D eigenvalue weighted by Crippen LogP contribution is -2.23. The number of aryl methyl sites for hydroxylation is 1. The number of aromatic nitrogens is 2. The molecule has 0 spiro atoms. The minimum atomic E-state index is -0.207. The Morgan fingerprint density at radius 1 is 1.26 bits per heavy atom. The van der Waals surface area contributed by atoms with Crippen molar-refractivity contribution in [3.63, 3.8) is 0 Å². The molecule has 0 saturated heterocycles. The molecule has 2 aromatic carbocycles. The second-order valence-corrected chi connectivity index (χ2v) is 5.52. The highest BCUT2D eigenvalue weighted by molar-refractivity contribution is 6.30. The standard InChI is InChI=1S/C17H15ClN4O/c1-12-20-15-4-2-3-5-16(15)22(12)11-17(23)21-19-10-13-6-8-14(18)9-7-13/h2-10H,11H2,1H3,(H,21,23). The number of hydrazone groups is 1. The molecule has 0 saturated carbocycles. The molecule has 0 aliphatic rings. The van der Waals surface area contributed by atoms with Gasteiger partial charge in [-0.3, -0.25) is 4.79 Å². The van der Waals surface area contributed by atoms with Crippen LogP contribution in [0.3, 0.4) is 0 Å². The van der Waals surface area contributed by atoms with Crippen LogP contribution in [-0.2, 0) is 11.3 Å². The number of nitrogens with zero attached hydrogens (tertiary/aromatic N) is 3. The minimum absolute atomic E-state index is 0.171. The Morgan fingerprint density at radius 2 is 2.00 bits per heavy atom. The van der Waals surface area contributed by atoms with Crippen molar-refractivity contribution in [1.82, 2.24) is 15.0 Å². The van der Waals surface area contributed by atoms with Gasteiger partial charge in [-0.25, -0.2) is 10.4 Å². The highest BCUT2D eigenvalue weighted by atomic mass is 35.5. The first kappa shape index (κ1) is 15.2. The molecular weight excluding hydrogens is 312 g/mol. The number of para-hydroxylation sites is 2. The van der Waals surface area contributed by atoms with Gasteiger partial charge in [-0.1, -0.05) is 35.9 Å². The summed E-state index contributed by atoms with van der Waals surface area (Å²) < 4.78 is 1.86. The molecular formula is C17H15ClN4O. The first-order chi connectivity index (χ1) is 11.1. The van der Waals surface area contributed by atoms with Crippen LogP contribution in [0.4, 0.5) is 0 Å². The second-order valence-electron chi connectivity index (χ2n) is 5.08. The van der Waals surface area contributed by atoms with Gasteiger partial charge < -0.3 is 4.57 Å². The van der Waals surface area contributed by atoms with Crippen molar-refractivity contribution < 1.29 is 4.79 Å². The lowest BCUT2D eigenvalue weighted by atomic mass is 10.2. The van der Waals surface area contributed by atoms with Crippen LogP contribution >= 0.6 is 11.6 Å². The Kier molecular flexibility index (Phi) is 4.39. The summed E-state index contributed by atoms with van der Waals surface area (Å²) in [5, 5.41) is 4.62. The smallest absolute Gasteiger partial charge is 0.260 e. The average Bonchev–Trinajstić information content (AvgIpc) is 2.85. The van der Waals surface area contributed by atoms with E-state index >= 15 is 0 Å². The molecule has 0 fully saturated rings. The zero-order valence-electron chi connectivity index (χ0n) is 12.5. The molecule has 1 aromatic heterocycles. The molecule has 3 rings (SSSR count). The van der Waals surface area contributed by atoms with Gasteiger partial charge in [0.1, 0.15) is 12.4 Å². The maximum absolute atomic E-state index is 12.1. The van der Waals surface area contributed by atoms with Gasteiger partial charge in [0.2, 0.25) is 0 Å². The Morgan fingerprint density at radius 3 is 2.78 bits per heavy atom. The van der Waals surface area contributed by atoms with Crippen molar-refractivity contribution in [2.75, 3.05) is 0 Å². The number of carbonyl (C=O) groups is 1. The van der Waals surface area contributed by atoms with Gasteiger partial charge in [0.05, 0.1) is 17.2 Å². The molecule has 0 radical (unpaired) electrons. The molecule has 0 aliphatic carbocycles. The van der Waals surface area contributed by atoms with Crippen molar-refractivity contribution in [1.29, 1.82) is 0 Å². The average molecular weight is 327 g/mol. The van der Waals surface area contributed by atoms with Crippen molar-refractivity contribution in [2.45, 2.75) is 13.5 Å². The van der Waals surface area contributed by atoms with Crippen LogP contribution in [0.5, 0.6) is 0 Å². The third-order valence-electron chi connectivity index (χ3n) is 3.42. The monoisotopic (exact) mass is 326 g/mol. The molecule has 3 aromatic rings. The number of fused-ring (bicyclic) bond motifs is 1. The van der Waals surface area contributed by atoms with Crippen LogP contribution in [0, 0.1) is 6.92 Å². The fraction of sp³-hybridized carbons (Fsp3) is 0.118. The van der Waals surface area contributed by atoms with Crippen LogP contribution in [0.2, 0.25) is 5.02 Å². The summed E-state index contributed by atoms with van der Waals surface area (Å²) >= 11 is 5.82. The van der Waals surface area contributed by atoms with E-state index < -0.39 is 0 Å². The summed E-state index contributed by atoms with van der Waals surface area (Å²) in [6.07, 6.45) is 1.58. The fourth-order valence-corrected chi connectivity index (χ4v) is 2.43. The SMILES string of the molecule is Cc1nc2ccccc2n1CC(=O)NN=Cc1ccc(Cl)cc1. The van der Waals surface area contributed by atoms with Crippen molar-refractivity contribution >= 4 is 34.8 Å². The van der Waals surface area contributed by atoms with E-state index in [4.69, 9.17) is 11.6 Å². The van der Waals surface area contributed by atoms with Gasteiger partial charge in [-0.05, 0) is 36.8 Å². The summed E-state index contributed by atoms with van der Waals surface area (Å²) in [7, 11) is 0. The quantitative estimate of drug-likeness (QED) is 0.591. The molecule has 1 heterocycles. The molecule has 0 aliphatic heterocycles. The number of imidazole rings is 1.